The van der Waals surface area contributed by atoms with Crippen molar-refractivity contribution in [3.63, 3.8) is 0 Å². The lowest BCUT2D eigenvalue weighted by atomic mass is 9.90. The SMILES string of the molecule is CS1(=O)=Nc2c(-c3ccc4c(c3)c3ccccc3n4-c3ccccc3)cc(-c3ccc4c(c3)c3ccccc3n4-c3ccccc3)cc2-c2ccccc21. The molecule has 3 heterocycles. The molecule has 2 aromatic heterocycles. The molecule has 256 valence electrons. The first kappa shape index (κ1) is 30.9. The zero-order chi connectivity index (χ0) is 36.0. The zero-order valence-electron chi connectivity index (χ0n) is 29.5. The molecule has 5 heteroatoms. The number of fused-ring (bicyclic) bond motifs is 9. The number of hydrogen-bond acceptors (Lipinski definition) is 2. The molecule has 0 amide bonds. The minimum Gasteiger partial charge on any atom is -0.309 e. The van der Waals surface area contributed by atoms with Crippen molar-refractivity contribution >= 4 is 59.0 Å². The second-order valence-electron chi connectivity index (χ2n) is 14.2. The highest BCUT2D eigenvalue weighted by molar-refractivity contribution is 7.93. The molecule has 0 fully saturated rings. The summed E-state index contributed by atoms with van der Waals surface area (Å²) < 4.78 is 24.0. The molecule has 1 atom stereocenters. The average Bonchev–Trinajstić information content (AvgIpc) is 3.73. The van der Waals surface area contributed by atoms with Crippen LogP contribution in [-0.4, -0.2) is 19.6 Å². The number of para-hydroxylation sites is 4. The Morgan fingerprint density at radius 3 is 1.52 bits per heavy atom. The van der Waals surface area contributed by atoms with Crippen LogP contribution in [0.5, 0.6) is 0 Å². The van der Waals surface area contributed by atoms with Crippen molar-refractivity contribution in [2.75, 3.05) is 6.26 Å². The first-order valence-corrected chi connectivity index (χ1v) is 20.1. The minimum atomic E-state index is -2.68. The van der Waals surface area contributed by atoms with Crippen molar-refractivity contribution < 1.29 is 4.21 Å². The van der Waals surface area contributed by atoms with Crippen LogP contribution in [-0.2, 0) is 9.73 Å². The summed E-state index contributed by atoms with van der Waals surface area (Å²) in [6.45, 7) is 0. The number of hydrogen-bond donors (Lipinski definition) is 0. The fourth-order valence-corrected chi connectivity index (χ4v) is 10.1. The van der Waals surface area contributed by atoms with Crippen LogP contribution in [0, 0.1) is 0 Å². The largest absolute Gasteiger partial charge is 0.309 e. The molecule has 0 radical (unpaired) electrons. The van der Waals surface area contributed by atoms with Crippen molar-refractivity contribution in [1.82, 2.24) is 9.13 Å². The molecule has 0 N–H and O–H groups in total. The Labute approximate surface area is 313 Å². The molecule has 1 aliphatic rings. The van der Waals surface area contributed by atoms with Gasteiger partial charge in [0.2, 0.25) is 0 Å². The fourth-order valence-electron chi connectivity index (χ4n) is 8.57. The Morgan fingerprint density at radius 1 is 0.407 bits per heavy atom. The van der Waals surface area contributed by atoms with Gasteiger partial charge in [0.25, 0.3) is 0 Å². The lowest BCUT2D eigenvalue weighted by Crippen LogP contribution is -2.05. The molecule has 0 bridgehead atoms. The van der Waals surface area contributed by atoms with Crippen LogP contribution in [0.3, 0.4) is 0 Å². The molecule has 0 saturated carbocycles. The van der Waals surface area contributed by atoms with Gasteiger partial charge in [-0.2, -0.15) is 4.36 Å². The Bertz CT molecular complexity index is 3270. The van der Waals surface area contributed by atoms with Gasteiger partial charge in [0.15, 0.2) is 0 Å². The van der Waals surface area contributed by atoms with E-state index >= 15 is 0 Å². The second-order valence-corrected chi connectivity index (χ2v) is 16.4. The van der Waals surface area contributed by atoms with Crippen molar-refractivity contribution in [2.45, 2.75) is 4.90 Å². The van der Waals surface area contributed by atoms with E-state index in [0.717, 1.165) is 77.3 Å². The lowest BCUT2D eigenvalue weighted by molar-refractivity contribution is 0.680. The van der Waals surface area contributed by atoms with Crippen LogP contribution >= 0.6 is 0 Å². The van der Waals surface area contributed by atoms with E-state index in [9.17, 15) is 4.21 Å². The molecule has 0 aliphatic carbocycles. The molecule has 8 aromatic carbocycles. The molecule has 0 spiro atoms. The van der Waals surface area contributed by atoms with Gasteiger partial charge in [0.05, 0.1) is 42.4 Å². The predicted octanol–water partition coefficient (Wildman–Crippen LogP) is 13.0. The van der Waals surface area contributed by atoms with Crippen molar-refractivity contribution in [3.05, 3.63) is 182 Å². The lowest BCUT2D eigenvalue weighted by Gasteiger charge is -2.23. The maximum Gasteiger partial charge on any atom is 0.0891 e. The Hall–Kier alpha value is -6.69. The topological polar surface area (TPSA) is 39.3 Å². The Balaban J connectivity index is 1.18. The number of rotatable bonds is 4. The van der Waals surface area contributed by atoms with Gasteiger partial charge >= 0.3 is 0 Å². The third kappa shape index (κ3) is 4.58. The summed E-state index contributed by atoms with van der Waals surface area (Å²) in [5.74, 6) is 0. The van der Waals surface area contributed by atoms with E-state index in [1.54, 1.807) is 6.26 Å². The van der Waals surface area contributed by atoms with Crippen LogP contribution in [0.25, 0.3) is 88.4 Å². The van der Waals surface area contributed by atoms with E-state index in [1.165, 1.54) is 21.7 Å². The van der Waals surface area contributed by atoms with Gasteiger partial charge in [0, 0.05) is 55.9 Å². The summed E-state index contributed by atoms with van der Waals surface area (Å²) in [5, 5.41) is 4.76. The van der Waals surface area contributed by atoms with Crippen LogP contribution in [0.15, 0.2) is 191 Å². The van der Waals surface area contributed by atoms with Crippen LogP contribution in [0.1, 0.15) is 0 Å². The maximum atomic E-state index is 14.3. The van der Waals surface area contributed by atoms with E-state index in [2.05, 4.69) is 173 Å². The molecule has 54 heavy (non-hydrogen) atoms. The molecule has 10 aromatic rings. The zero-order valence-corrected chi connectivity index (χ0v) is 30.3. The highest BCUT2D eigenvalue weighted by Gasteiger charge is 2.26. The molecule has 1 aliphatic heterocycles. The highest BCUT2D eigenvalue weighted by atomic mass is 32.2. The predicted molar refractivity (Wildman–Crippen MR) is 226 cm³/mol. The highest BCUT2D eigenvalue weighted by Crippen LogP contribution is 2.49. The minimum absolute atomic E-state index is 0.776. The molecule has 0 saturated heterocycles. The molecule has 4 nitrogen and oxygen atoms in total. The monoisotopic (exact) mass is 711 g/mol. The van der Waals surface area contributed by atoms with Crippen LogP contribution < -0.4 is 0 Å². The number of benzene rings is 8. The first-order valence-electron chi connectivity index (χ1n) is 18.2. The summed E-state index contributed by atoms with van der Waals surface area (Å²) in [7, 11) is -2.68. The Kier molecular flexibility index (Phi) is 6.67. The van der Waals surface area contributed by atoms with Gasteiger partial charge in [-0.15, -0.1) is 0 Å². The molecule has 1 unspecified atom stereocenters. The molecule has 11 rings (SSSR count). The van der Waals surface area contributed by atoms with Crippen LogP contribution in [0.2, 0.25) is 0 Å². The van der Waals surface area contributed by atoms with Crippen LogP contribution in [0.4, 0.5) is 5.69 Å². The van der Waals surface area contributed by atoms with Crippen molar-refractivity contribution in [2.24, 2.45) is 4.36 Å². The Morgan fingerprint density at radius 2 is 0.889 bits per heavy atom. The van der Waals surface area contributed by atoms with Gasteiger partial charge in [0.1, 0.15) is 0 Å². The summed E-state index contributed by atoms with van der Waals surface area (Å²) >= 11 is 0. The average molecular weight is 712 g/mol. The first-order chi connectivity index (χ1) is 26.5. The fraction of sp³-hybridized carbons (Fsp3) is 0.0204. The van der Waals surface area contributed by atoms with E-state index in [1.807, 2.05) is 18.2 Å². The molecular weight excluding hydrogens is 679 g/mol. The summed E-state index contributed by atoms with van der Waals surface area (Å²) in [6, 6.07) is 64.4. The normalized spacial score (nSPS) is 15.1. The third-order valence-electron chi connectivity index (χ3n) is 11.0. The summed E-state index contributed by atoms with van der Waals surface area (Å²) in [5.41, 5.74) is 13.8. The summed E-state index contributed by atoms with van der Waals surface area (Å²) in [4.78, 5) is 0.781. The van der Waals surface area contributed by atoms with E-state index in [4.69, 9.17) is 4.36 Å². The van der Waals surface area contributed by atoms with Gasteiger partial charge in [-0.25, -0.2) is 4.21 Å². The van der Waals surface area contributed by atoms with Gasteiger partial charge in [-0.05, 0) is 95.6 Å². The molecular formula is C49H33N3OS. The summed E-state index contributed by atoms with van der Waals surface area (Å²) in [6.07, 6.45) is 1.76. The van der Waals surface area contributed by atoms with Gasteiger partial charge < -0.3 is 9.13 Å². The van der Waals surface area contributed by atoms with Crippen molar-refractivity contribution in [1.29, 1.82) is 0 Å². The smallest absolute Gasteiger partial charge is 0.0891 e. The number of aromatic nitrogens is 2. The number of nitrogens with zero attached hydrogens (tertiary/aromatic N) is 3. The van der Waals surface area contributed by atoms with Gasteiger partial charge in [-0.1, -0.05) is 103 Å². The van der Waals surface area contributed by atoms with E-state index < -0.39 is 9.73 Å². The maximum absolute atomic E-state index is 14.3. The van der Waals surface area contributed by atoms with Crippen molar-refractivity contribution in [3.8, 4) is 44.8 Å². The second kappa shape index (κ2) is 11.7. The van der Waals surface area contributed by atoms with Gasteiger partial charge in [-0.3, -0.25) is 0 Å². The van der Waals surface area contributed by atoms with E-state index in [-0.39, 0.29) is 0 Å². The quantitative estimate of drug-likeness (QED) is 0.179. The third-order valence-corrected chi connectivity index (χ3v) is 12.7. The van der Waals surface area contributed by atoms with E-state index in [0.29, 0.717) is 0 Å². The standard InChI is InChI=1S/C49H33N3OS/c1-54(53)48-23-13-10-20-39(48)43-31-34(32-24-26-46-41(28-32)37-18-8-11-21-44(37)51(46)35-14-4-2-5-15-35)30-40(49(43)50-54)33-25-27-47-42(29-33)38-19-9-12-22-45(38)52(47)36-16-6-3-7-17-36/h2-31H,1H3.